The zero-order chi connectivity index (χ0) is 7.98. The van der Waals surface area contributed by atoms with Gasteiger partial charge < -0.3 is 10.0 Å². The lowest BCUT2D eigenvalue weighted by Crippen LogP contribution is -1.94. The van der Waals surface area contributed by atoms with Gasteiger partial charge in [0.05, 0.1) is 5.71 Å². The minimum absolute atomic E-state index is 0.186. The van der Waals surface area contributed by atoms with E-state index in [-0.39, 0.29) is 5.78 Å². The zero-order valence-electron chi connectivity index (χ0n) is 6.42. The fourth-order valence-corrected chi connectivity index (χ4v) is 0.643. The standard InChI is InChI=1S/C7H13NO2/c1-6(8-10)4-3-5-7(2)9/h10H,3-5H2,1-2H3/b8-6+. The first-order valence-corrected chi connectivity index (χ1v) is 3.33. The second-order valence-corrected chi connectivity index (χ2v) is 2.39. The van der Waals surface area contributed by atoms with Crippen LogP contribution in [0.25, 0.3) is 0 Å². The lowest BCUT2D eigenvalue weighted by Gasteiger charge is -1.94. The molecule has 1 N–H and O–H groups in total. The molecule has 0 aliphatic carbocycles. The maximum atomic E-state index is 10.4. The molecule has 0 aromatic rings. The molecule has 0 heterocycles. The van der Waals surface area contributed by atoms with E-state index in [1.165, 1.54) is 0 Å². The molecule has 0 bridgehead atoms. The van der Waals surface area contributed by atoms with Crippen LogP contribution in [-0.4, -0.2) is 16.7 Å². The first-order chi connectivity index (χ1) is 4.66. The van der Waals surface area contributed by atoms with Gasteiger partial charge >= 0.3 is 0 Å². The maximum Gasteiger partial charge on any atom is 0.129 e. The molecule has 0 spiro atoms. The smallest absolute Gasteiger partial charge is 0.129 e. The number of hydrogen-bond donors (Lipinski definition) is 1. The number of oxime groups is 1. The molecular formula is C7H13NO2. The molecule has 0 fully saturated rings. The van der Waals surface area contributed by atoms with Crippen molar-refractivity contribution in [3.05, 3.63) is 0 Å². The van der Waals surface area contributed by atoms with Crippen LogP contribution in [0.3, 0.4) is 0 Å². The number of Topliss-reactive ketones (excluding diaryl/α,β-unsaturated/α-hetero) is 1. The highest BCUT2D eigenvalue weighted by molar-refractivity contribution is 5.82. The van der Waals surface area contributed by atoms with Crippen LogP contribution in [0.15, 0.2) is 5.16 Å². The summed E-state index contributed by atoms with van der Waals surface area (Å²) in [6.07, 6.45) is 2.06. The molecule has 10 heavy (non-hydrogen) atoms. The Morgan fingerprint density at radius 1 is 1.40 bits per heavy atom. The third-order valence-electron chi connectivity index (χ3n) is 1.24. The van der Waals surface area contributed by atoms with Gasteiger partial charge in [-0.1, -0.05) is 5.16 Å². The predicted octanol–water partition coefficient (Wildman–Crippen LogP) is 1.60. The van der Waals surface area contributed by atoms with Crippen LogP contribution < -0.4 is 0 Å². The third kappa shape index (κ3) is 5.28. The molecule has 0 rings (SSSR count). The van der Waals surface area contributed by atoms with Crippen LogP contribution in [0.5, 0.6) is 0 Å². The summed E-state index contributed by atoms with van der Waals surface area (Å²) in [6, 6.07) is 0. The van der Waals surface area contributed by atoms with E-state index in [0.717, 1.165) is 6.42 Å². The Morgan fingerprint density at radius 3 is 2.40 bits per heavy atom. The Bertz CT molecular complexity index is 141. The average molecular weight is 143 g/mol. The Balaban J connectivity index is 3.29. The van der Waals surface area contributed by atoms with Gasteiger partial charge in [0.1, 0.15) is 5.78 Å². The summed E-state index contributed by atoms with van der Waals surface area (Å²) in [4.78, 5) is 10.4. The van der Waals surface area contributed by atoms with Crippen LogP contribution in [0.1, 0.15) is 33.1 Å². The van der Waals surface area contributed by atoms with Crippen molar-refractivity contribution < 1.29 is 10.0 Å². The van der Waals surface area contributed by atoms with Crippen LogP contribution in [0, 0.1) is 0 Å². The topological polar surface area (TPSA) is 49.7 Å². The molecule has 0 aromatic heterocycles. The van der Waals surface area contributed by atoms with E-state index in [4.69, 9.17) is 5.21 Å². The molecule has 0 aliphatic rings. The average Bonchev–Trinajstić information content (AvgIpc) is 1.87. The molecule has 0 radical (unpaired) electrons. The van der Waals surface area contributed by atoms with Gasteiger partial charge in [-0.3, -0.25) is 0 Å². The van der Waals surface area contributed by atoms with Crippen LogP contribution in [0.4, 0.5) is 0 Å². The molecule has 3 nitrogen and oxygen atoms in total. The fraction of sp³-hybridized carbons (Fsp3) is 0.714. The Morgan fingerprint density at radius 2 is 2.00 bits per heavy atom. The Kier molecular flexibility index (Phi) is 4.54. The molecule has 0 aliphatic heterocycles. The van der Waals surface area contributed by atoms with E-state index in [0.29, 0.717) is 18.6 Å². The summed E-state index contributed by atoms with van der Waals surface area (Å²) >= 11 is 0. The third-order valence-corrected chi connectivity index (χ3v) is 1.24. The highest BCUT2D eigenvalue weighted by Crippen LogP contribution is 1.97. The van der Waals surface area contributed by atoms with Crippen LogP contribution in [-0.2, 0) is 4.79 Å². The van der Waals surface area contributed by atoms with Gasteiger partial charge in [0.15, 0.2) is 0 Å². The van der Waals surface area contributed by atoms with Crippen molar-refractivity contribution in [1.82, 2.24) is 0 Å². The van der Waals surface area contributed by atoms with Crippen molar-refractivity contribution in [2.75, 3.05) is 0 Å². The quantitative estimate of drug-likeness (QED) is 0.369. The molecule has 0 saturated carbocycles. The molecule has 0 atom stereocenters. The number of ketones is 1. The zero-order valence-corrected chi connectivity index (χ0v) is 6.42. The number of carbonyl (C=O) groups excluding carboxylic acids is 1. The number of hydrogen-bond acceptors (Lipinski definition) is 3. The van der Waals surface area contributed by atoms with E-state index in [9.17, 15) is 4.79 Å². The lowest BCUT2D eigenvalue weighted by molar-refractivity contribution is -0.117. The lowest BCUT2D eigenvalue weighted by atomic mass is 10.1. The van der Waals surface area contributed by atoms with Crippen molar-refractivity contribution >= 4 is 11.5 Å². The summed E-state index contributed by atoms with van der Waals surface area (Å²) in [6.45, 7) is 3.30. The van der Waals surface area contributed by atoms with Crippen molar-refractivity contribution in [3.8, 4) is 0 Å². The van der Waals surface area contributed by atoms with Gasteiger partial charge in [-0.25, -0.2) is 0 Å². The normalized spacial score (nSPS) is 11.6. The Hall–Kier alpha value is -0.860. The molecule has 0 saturated heterocycles. The van der Waals surface area contributed by atoms with Gasteiger partial charge in [-0.15, -0.1) is 0 Å². The predicted molar refractivity (Wildman–Crippen MR) is 39.4 cm³/mol. The summed E-state index contributed by atoms with van der Waals surface area (Å²) in [5.74, 6) is 0.186. The highest BCUT2D eigenvalue weighted by atomic mass is 16.4. The molecule has 0 amide bonds. The largest absolute Gasteiger partial charge is 0.411 e. The molecular weight excluding hydrogens is 130 g/mol. The van der Waals surface area contributed by atoms with E-state index >= 15 is 0 Å². The van der Waals surface area contributed by atoms with Crippen molar-refractivity contribution in [2.45, 2.75) is 33.1 Å². The number of carbonyl (C=O) groups is 1. The van der Waals surface area contributed by atoms with E-state index in [2.05, 4.69) is 5.16 Å². The molecule has 0 unspecified atom stereocenters. The Labute approximate surface area is 60.7 Å². The minimum atomic E-state index is 0.186. The summed E-state index contributed by atoms with van der Waals surface area (Å²) < 4.78 is 0. The SMILES string of the molecule is CC(=O)CCC/C(C)=N/O. The summed E-state index contributed by atoms with van der Waals surface area (Å²) in [7, 11) is 0. The second-order valence-electron chi connectivity index (χ2n) is 2.39. The van der Waals surface area contributed by atoms with Crippen molar-refractivity contribution in [3.63, 3.8) is 0 Å². The van der Waals surface area contributed by atoms with Gasteiger partial charge in [-0.05, 0) is 26.7 Å². The van der Waals surface area contributed by atoms with Crippen molar-refractivity contribution in [1.29, 1.82) is 0 Å². The van der Waals surface area contributed by atoms with Crippen LogP contribution >= 0.6 is 0 Å². The van der Waals surface area contributed by atoms with Crippen LogP contribution in [0.2, 0.25) is 0 Å². The number of rotatable bonds is 4. The van der Waals surface area contributed by atoms with Gasteiger partial charge in [0.25, 0.3) is 0 Å². The monoisotopic (exact) mass is 143 g/mol. The van der Waals surface area contributed by atoms with Gasteiger partial charge in [-0.2, -0.15) is 0 Å². The first kappa shape index (κ1) is 9.14. The summed E-state index contributed by atoms with van der Waals surface area (Å²) in [5.41, 5.74) is 0.682. The van der Waals surface area contributed by atoms with E-state index in [1.54, 1.807) is 13.8 Å². The summed E-state index contributed by atoms with van der Waals surface area (Å²) in [5, 5.41) is 11.2. The molecule has 3 heteroatoms. The maximum absolute atomic E-state index is 10.4. The van der Waals surface area contributed by atoms with E-state index in [1.807, 2.05) is 0 Å². The highest BCUT2D eigenvalue weighted by Gasteiger charge is 1.95. The first-order valence-electron chi connectivity index (χ1n) is 3.33. The van der Waals surface area contributed by atoms with Gasteiger partial charge in [0.2, 0.25) is 0 Å². The molecule has 0 aromatic carbocycles. The number of nitrogens with zero attached hydrogens (tertiary/aromatic N) is 1. The molecule has 58 valence electrons. The van der Waals surface area contributed by atoms with Gasteiger partial charge in [0, 0.05) is 6.42 Å². The fourth-order valence-electron chi connectivity index (χ4n) is 0.643. The van der Waals surface area contributed by atoms with E-state index < -0.39 is 0 Å². The minimum Gasteiger partial charge on any atom is -0.411 e. The second kappa shape index (κ2) is 4.97. The van der Waals surface area contributed by atoms with Crippen molar-refractivity contribution in [2.24, 2.45) is 5.16 Å².